The quantitative estimate of drug-likeness (QED) is 0.697. The number of aliphatic hydroxyl groups excluding tert-OH is 1. The number of hydrogen-bond donors (Lipinski definition) is 2. The molecule has 1 spiro atoms. The summed E-state index contributed by atoms with van der Waals surface area (Å²) in [5, 5.41) is 22.5. The fraction of sp³-hybridized carbons (Fsp3) is 0.905. The van der Waals surface area contributed by atoms with E-state index in [9.17, 15) is 19.8 Å². The van der Waals surface area contributed by atoms with E-state index in [1.54, 1.807) is 0 Å². The number of rotatable bonds is 1. The van der Waals surface area contributed by atoms with Gasteiger partial charge in [0, 0.05) is 23.7 Å². The Morgan fingerprint density at radius 3 is 2.65 bits per heavy atom. The van der Waals surface area contributed by atoms with Gasteiger partial charge in [-0.05, 0) is 56.8 Å². The third-order valence-electron chi connectivity index (χ3n) is 9.58. The number of carbonyl (C=O) groups excluding carboxylic acids is 2. The van der Waals surface area contributed by atoms with Gasteiger partial charge in [-0.2, -0.15) is 0 Å². The van der Waals surface area contributed by atoms with Gasteiger partial charge in [0.2, 0.25) is 0 Å². The Bertz CT molecular complexity index is 705. The summed E-state index contributed by atoms with van der Waals surface area (Å²) in [6.45, 7) is 5.71. The Hall–Kier alpha value is -0.780. The molecule has 0 unspecified atom stereocenters. The highest BCUT2D eigenvalue weighted by Crippen LogP contribution is 2.74. The van der Waals surface area contributed by atoms with Gasteiger partial charge in [-0.15, -0.1) is 0 Å². The predicted molar refractivity (Wildman–Crippen MR) is 93.3 cm³/mol. The normalized spacial score (nSPS) is 60.5. The Morgan fingerprint density at radius 1 is 1.23 bits per heavy atom. The van der Waals surface area contributed by atoms with E-state index in [-0.39, 0.29) is 46.4 Å². The second kappa shape index (κ2) is 4.79. The molecule has 0 aromatic rings. The lowest BCUT2D eigenvalue weighted by atomic mass is 9.43. The van der Waals surface area contributed by atoms with Gasteiger partial charge < -0.3 is 14.9 Å². The van der Waals surface area contributed by atoms with Crippen molar-refractivity contribution in [3.8, 4) is 0 Å². The zero-order valence-electron chi connectivity index (χ0n) is 16.0. The van der Waals surface area contributed by atoms with Crippen LogP contribution in [0.15, 0.2) is 0 Å². The summed E-state index contributed by atoms with van der Waals surface area (Å²) >= 11 is 0. The molecule has 4 saturated carbocycles. The van der Waals surface area contributed by atoms with Crippen molar-refractivity contribution in [1.29, 1.82) is 0 Å². The minimum Gasteiger partial charge on any atom is -0.393 e. The molecular formula is C21H30O5. The molecule has 1 aliphatic heterocycles. The van der Waals surface area contributed by atoms with Crippen molar-refractivity contribution in [2.24, 2.45) is 28.6 Å². The van der Waals surface area contributed by atoms with Crippen molar-refractivity contribution in [2.45, 2.75) is 89.1 Å². The zero-order valence-corrected chi connectivity index (χ0v) is 16.0. The van der Waals surface area contributed by atoms with Crippen LogP contribution in [-0.4, -0.2) is 45.2 Å². The van der Waals surface area contributed by atoms with Gasteiger partial charge in [-0.3, -0.25) is 9.59 Å². The average molecular weight is 362 g/mol. The summed E-state index contributed by atoms with van der Waals surface area (Å²) in [5.41, 5.74) is -2.46. The fourth-order valence-corrected chi connectivity index (χ4v) is 8.17. The van der Waals surface area contributed by atoms with Gasteiger partial charge >= 0.3 is 0 Å². The van der Waals surface area contributed by atoms with Crippen molar-refractivity contribution >= 4 is 11.6 Å². The number of epoxide rings is 1. The summed E-state index contributed by atoms with van der Waals surface area (Å²) in [4.78, 5) is 24.4. The Morgan fingerprint density at radius 2 is 1.96 bits per heavy atom. The Kier molecular flexibility index (Phi) is 3.19. The van der Waals surface area contributed by atoms with Crippen molar-refractivity contribution in [2.75, 3.05) is 0 Å². The molecule has 4 aliphatic carbocycles. The third kappa shape index (κ3) is 1.70. The van der Waals surface area contributed by atoms with Crippen LogP contribution in [0.25, 0.3) is 0 Å². The van der Waals surface area contributed by atoms with Gasteiger partial charge in [-0.1, -0.05) is 13.8 Å². The summed E-state index contributed by atoms with van der Waals surface area (Å²) in [5.74, 6) is 0.667. The van der Waals surface area contributed by atoms with Crippen LogP contribution in [-0.2, 0) is 14.3 Å². The highest BCUT2D eigenvalue weighted by Gasteiger charge is 2.78. The van der Waals surface area contributed by atoms with Crippen LogP contribution in [0.2, 0.25) is 0 Å². The van der Waals surface area contributed by atoms with Crippen molar-refractivity contribution < 1.29 is 24.5 Å². The highest BCUT2D eigenvalue weighted by molar-refractivity contribution is 5.86. The summed E-state index contributed by atoms with van der Waals surface area (Å²) < 4.78 is 6.20. The van der Waals surface area contributed by atoms with Crippen molar-refractivity contribution in [3.05, 3.63) is 0 Å². The number of Topliss-reactive ketones (excluding diaryl/α,β-unsaturated/α-hetero) is 2. The first kappa shape index (κ1) is 17.3. The van der Waals surface area contributed by atoms with Crippen LogP contribution in [0.4, 0.5) is 0 Å². The molecule has 0 amide bonds. The van der Waals surface area contributed by atoms with Gasteiger partial charge in [0.25, 0.3) is 0 Å². The SMILES string of the molecule is CC(=O)[C@@]1(O)CC[C@H]2[C@@H]3C[C@@H]4O[C@@]45CC(=O)CC[C@]5(C)[C@H]3[C@@H](O)C[C@@]21C. The number of ketones is 2. The van der Waals surface area contributed by atoms with Crippen LogP contribution >= 0.6 is 0 Å². The second-order valence-electron chi connectivity index (χ2n) is 10.3. The maximum absolute atomic E-state index is 12.3. The largest absolute Gasteiger partial charge is 0.393 e. The topological polar surface area (TPSA) is 87.1 Å². The highest BCUT2D eigenvalue weighted by atomic mass is 16.6. The summed E-state index contributed by atoms with van der Waals surface area (Å²) in [7, 11) is 0. The summed E-state index contributed by atoms with van der Waals surface area (Å²) in [6, 6.07) is 0. The Labute approximate surface area is 154 Å². The van der Waals surface area contributed by atoms with E-state index in [4.69, 9.17) is 4.74 Å². The molecule has 0 aromatic carbocycles. The zero-order chi connectivity index (χ0) is 18.7. The fourth-order valence-electron chi connectivity index (χ4n) is 8.17. The number of carbonyl (C=O) groups is 2. The molecule has 26 heavy (non-hydrogen) atoms. The maximum atomic E-state index is 12.3. The molecule has 5 fully saturated rings. The van der Waals surface area contributed by atoms with E-state index in [0.29, 0.717) is 25.7 Å². The van der Waals surface area contributed by atoms with E-state index in [1.165, 1.54) is 6.92 Å². The molecule has 0 bridgehead atoms. The van der Waals surface area contributed by atoms with Crippen LogP contribution in [0, 0.1) is 28.6 Å². The third-order valence-corrected chi connectivity index (χ3v) is 9.58. The lowest BCUT2D eigenvalue weighted by molar-refractivity contribution is -0.191. The molecule has 1 saturated heterocycles. The molecule has 2 N–H and O–H groups in total. The van der Waals surface area contributed by atoms with E-state index < -0.39 is 17.1 Å². The second-order valence-corrected chi connectivity index (χ2v) is 10.3. The number of aliphatic hydroxyl groups is 2. The smallest absolute Gasteiger partial charge is 0.161 e. The van der Waals surface area contributed by atoms with Gasteiger partial charge in [-0.25, -0.2) is 0 Å². The van der Waals surface area contributed by atoms with Crippen molar-refractivity contribution in [1.82, 2.24) is 0 Å². The van der Waals surface area contributed by atoms with Gasteiger partial charge in [0.1, 0.15) is 17.0 Å². The lowest BCUT2D eigenvalue weighted by Gasteiger charge is -2.60. The number of ether oxygens (including phenoxy) is 1. The van der Waals surface area contributed by atoms with Crippen LogP contribution < -0.4 is 0 Å². The molecule has 0 aromatic heterocycles. The molecule has 5 nitrogen and oxygen atoms in total. The van der Waals surface area contributed by atoms with Crippen LogP contribution in [0.1, 0.15) is 65.7 Å². The van der Waals surface area contributed by atoms with Gasteiger partial charge in [0.15, 0.2) is 5.78 Å². The molecule has 9 atom stereocenters. The van der Waals surface area contributed by atoms with E-state index >= 15 is 0 Å². The van der Waals surface area contributed by atoms with E-state index in [1.807, 2.05) is 6.92 Å². The minimum absolute atomic E-state index is 0.0849. The first-order chi connectivity index (χ1) is 12.1. The molecular weight excluding hydrogens is 332 g/mol. The first-order valence-corrected chi connectivity index (χ1v) is 10.2. The average Bonchev–Trinajstić information content (AvgIpc) is 3.17. The molecule has 144 valence electrons. The van der Waals surface area contributed by atoms with Crippen molar-refractivity contribution in [3.63, 3.8) is 0 Å². The predicted octanol–water partition coefficient (Wildman–Crippen LogP) is 2.02. The Balaban J connectivity index is 1.56. The van der Waals surface area contributed by atoms with Gasteiger partial charge in [0.05, 0.1) is 12.2 Å². The molecule has 5 aliphatic rings. The maximum Gasteiger partial charge on any atom is 0.161 e. The standard InChI is InChI=1S/C21H30O5/c1-11(22)20(25)7-5-14-13-8-16-21(26-16)9-12(23)4-6-18(21,2)17(13)15(24)10-19(14,20)3/h13-17,24-25H,4-10H2,1-3H3/t13-,14-,15-,16-,17+,18+,19-,20-,21-/m0/s1. The monoisotopic (exact) mass is 362 g/mol. The first-order valence-electron chi connectivity index (χ1n) is 10.2. The van der Waals surface area contributed by atoms with Crippen LogP contribution in [0.3, 0.4) is 0 Å². The summed E-state index contributed by atoms with van der Waals surface area (Å²) in [6.07, 6.45) is 4.00. The minimum atomic E-state index is -1.33. The molecule has 5 rings (SSSR count). The lowest BCUT2D eigenvalue weighted by Crippen LogP contribution is -2.64. The van der Waals surface area contributed by atoms with E-state index in [0.717, 1.165) is 19.3 Å². The molecule has 1 heterocycles. The van der Waals surface area contributed by atoms with E-state index in [2.05, 4.69) is 6.92 Å². The number of fused-ring (bicyclic) bond motifs is 4. The molecule has 5 heteroatoms. The van der Waals surface area contributed by atoms with Crippen LogP contribution in [0.5, 0.6) is 0 Å². The number of hydrogen-bond acceptors (Lipinski definition) is 5. The molecule has 0 radical (unpaired) electrons.